The molecule has 0 amide bonds. The van der Waals surface area contributed by atoms with Crippen LogP contribution in [0.3, 0.4) is 0 Å². The maximum atomic E-state index is 11.3. The van der Waals surface area contributed by atoms with Crippen molar-refractivity contribution in [1.82, 2.24) is 4.98 Å². The Hall–Kier alpha value is -2.78. The first-order valence-electron chi connectivity index (χ1n) is 9.08. The summed E-state index contributed by atoms with van der Waals surface area (Å²) in [4.78, 5) is 4.63. The molecule has 2 N–H and O–H groups in total. The molecule has 0 atom stereocenters. The largest absolute Gasteiger partial charge is 0.494 e. The molecule has 0 bridgehead atoms. The maximum absolute atomic E-state index is 11.3. The van der Waals surface area contributed by atoms with Crippen molar-refractivity contribution in [3.63, 3.8) is 0 Å². The number of thiazole rings is 1. The molecule has 0 saturated heterocycles. The third kappa shape index (κ3) is 5.85. The van der Waals surface area contributed by atoms with E-state index in [0.29, 0.717) is 24.0 Å². The fraction of sp³-hybridized carbons (Fsp3) is 0.250. The highest BCUT2D eigenvalue weighted by atomic mass is 32.2. The number of benzene rings is 2. The van der Waals surface area contributed by atoms with Crippen LogP contribution in [0.5, 0.6) is 11.5 Å². The van der Waals surface area contributed by atoms with Crippen LogP contribution < -0.4 is 19.5 Å². The van der Waals surface area contributed by atoms with Crippen LogP contribution in [0.25, 0.3) is 11.3 Å². The van der Waals surface area contributed by atoms with Crippen LogP contribution in [-0.4, -0.2) is 32.9 Å². The molecule has 0 radical (unpaired) electrons. The van der Waals surface area contributed by atoms with Crippen LogP contribution >= 0.6 is 11.3 Å². The minimum Gasteiger partial charge on any atom is -0.494 e. The third-order valence-corrected chi connectivity index (χ3v) is 5.16. The van der Waals surface area contributed by atoms with Gasteiger partial charge in [-0.25, -0.2) is 13.4 Å². The molecule has 0 aliphatic carbocycles. The predicted molar refractivity (Wildman–Crippen MR) is 118 cm³/mol. The molecule has 1 aromatic heterocycles. The summed E-state index contributed by atoms with van der Waals surface area (Å²) < 4.78 is 36.4. The van der Waals surface area contributed by atoms with Crippen molar-refractivity contribution in [2.75, 3.05) is 29.5 Å². The summed E-state index contributed by atoms with van der Waals surface area (Å²) in [7, 11) is -3.30. The Morgan fingerprint density at radius 3 is 2.41 bits per heavy atom. The first-order valence-corrected chi connectivity index (χ1v) is 11.9. The lowest BCUT2D eigenvalue weighted by Crippen LogP contribution is -2.09. The summed E-state index contributed by atoms with van der Waals surface area (Å²) in [6, 6.07) is 12.7. The van der Waals surface area contributed by atoms with E-state index in [-0.39, 0.29) is 0 Å². The van der Waals surface area contributed by atoms with E-state index in [0.717, 1.165) is 34.7 Å². The lowest BCUT2D eigenvalue weighted by Gasteiger charge is -2.12. The van der Waals surface area contributed by atoms with E-state index in [1.54, 1.807) is 12.1 Å². The Balaban J connectivity index is 1.79. The number of hydrogen-bond acceptors (Lipinski definition) is 7. The van der Waals surface area contributed by atoms with Gasteiger partial charge in [-0.1, -0.05) is 12.1 Å². The Bertz CT molecular complexity index is 1060. The Morgan fingerprint density at radius 1 is 1.03 bits per heavy atom. The molecule has 0 unspecified atom stereocenters. The molecule has 3 aromatic rings. The zero-order valence-electron chi connectivity index (χ0n) is 16.4. The molecule has 154 valence electrons. The molecule has 0 aliphatic heterocycles. The highest BCUT2D eigenvalue weighted by molar-refractivity contribution is 7.92. The van der Waals surface area contributed by atoms with Gasteiger partial charge < -0.3 is 14.8 Å². The Kier molecular flexibility index (Phi) is 6.60. The van der Waals surface area contributed by atoms with Crippen LogP contribution in [0.1, 0.15) is 13.8 Å². The zero-order valence-corrected chi connectivity index (χ0v) is 18.1. The number of rotatable bonds is 9. The molecular formula is C20H23N3O4S2. The van der Waals surface area contributed by atoms with Gasteiger partial charge in [-0.2, -0.15) is 0 Å². The van der Waals surface area contributed by atoms with Crippen molar-refractivity contribution in [2.24, 2.45) is 0 Å². The van der Waals surface area contributed by atoms with Gasteiger partial charge in [0.1, 0.15) is 11.5 Å². The fourth-order valence-electron chi connectivity index (χ4n) is 2.65. The number of nitrogens with one attached hydrogen (secondary N) is 2. The minimum absolute atomic E-state index is 0.513. The standard InChI is InChI=1S/C20H23N3O4S2/c1-4-26-16-10-11-19(27-5-2)17(12-16)21-20-22-18(13-28-20)14-6-8-15(9-7-14)23-29(3,24)25/h6-13,23H,4-5H2,1-3H3,(H,21,22). The maximum Gasteiger partial charge on any atom is 0.229 e. The van der Waals surface area contributed by atoms with E-state index in [1.165, 1.54) is 11.3 Å². The second-order valence-electron chi connectivity index (χ2n) is 6.14. The van der Waals surface area contributed by atoms with Gasteiger partial charge in [-0.05, 0) is 38.1 Å². The SMILES string of the molecule is CCOc1ccc(OCC)c(Nc2nc(-c3ccc(NS(C)(=O)=O)cc3)cs2)c1. The van der Waals surface area contributed by atoms with Crippen LogP contribution in [0.15, 0.2) is 47.8 Å². The number of sulfonamides is 1. The summed E-state index contributed by atoms with van der Waals surface area (Å²) in [6.07, 6.45) is 1.12. The molecule has 7 nitrogen and oxygen atoms in total. The molecule has 0 spiro atoms. The highest BCUT2D eigenvalue weighted by Gasteiger charge is 2.10. The van der Waals surface area contributed by atoms with Gasteiger partial charge >= 0.3 is 0 Å². The Labute approximate surface area is 174 Å². The first kappa shape index (κ1) is 20.9. The summed E-state index contributed by atoms with van der Waals surface area (Å²) in [5.41, 5.74) is 2.98. The summed E-state index contributed by atoms with van der Waals surface area (Å²) in [5, 5.41) is 5.95. The number of nitrogens with zero attached hydrogens (tertiary/aromatic N) is 1. The second kappa shape index (κ2) is 9.15. The van der Waals surface area contributed by atoms with Gasteiger partial charge in [-0.3, -0.25) is 4.72 Å². The minimum atomic E-state index is -3.30. The number of aromatic nitrogens is 1. The van der Waals surface area contributed by atoms with Crippen LogP contribution in [-0.2, 0) is 10.0 Å². The fourth-order valence-corrected chi connectivity index (χ4v) is 3.94. The van der Waals surface area contributed by atoms with E-state index in [2.05, 4.69) is 15.0 Å². The smallest absolute Gasteiger partial charge is 0.229 e. The van der Waals surface area contributed by atoms with Gasteiger partial charge in [0.2, 0.25) is 10.0 Å². The van der Waals surface area contributed by atoms with E-state index in [1.807, 2.05) is 49.6 Å². The predicted octanol–water partition coefficient (Wildman–Crippen LogP) is 4.72. The summed E-state index contributed by atoms with van der Waals surface area (Å²) in [6.45, 7) is 5.01. The molecule has 3 rings (SSSR count). The van der Waals surface area contributed by atoms with Gasteiger partial charge in [0, 0.05) is 22.7 Å². The highest BCUT2D eigenvalue weighted by Crippen LogP contribution is 2.34. The third-order valence-electron chi connectivity index (χ3n) is 3.79. The van der Waals surface area contributed by atoms with Crippen LogP contribution in [0.4, 0.5) is 16.5 Å². The lowest BCUT2D eigenvalue weighted by molar-refractivity contribution is 0.332. The van der Waals surface area contributed by atoms with Crippen molar-refractivity contribution < 1.29 is 17.9 Å². The summed E-state index contributed by atoms with van der Waals surface area (Å²) >= 11 is 1.47. The van der Waals surface area contributed by atoms with Gasteiger partial charge in [-0.15, -0.1) is 11.3 Å². The second-order valence-corrected chi connectivity index (χ2v) is 8.75. The molecule has 0 saturated carbocycles. The quantitative estimate of drug-likeness (QED) is 0.507. The van der Waals surface area contributed by atoms with E-state index in [9.17, 15) is 8.42 Å². The monoisotopic (exact) mass is 433 g/mol. The molecule has 29 heavy (non-hydrogen) atoms. The number of anilines is 3. The van der Waals surface area contributed by atoms with Crippen molar-refractivity contribution in [1.29, 1.82) is 0 Å². The molecule has 0 fully saturated rings. The van der Waals surface area contributed by atoms with Crippen LogP contribution in [0, 0.1) is 0 Å². The van der Waals surface area contributed by atoms with Gasteiger partial charge in [0.15, 0.2) is 5.13 Å². The van der Waals surface area contributed by atoms with Crippen molar-refractivity contribution in [2.45, 2.75) is 13.8 Å². The van der Waals surface area contributed by atoms with Crippen molar-refractivity contribution >= 4 is 37.9 Å². The Morgan fingerprint density at radius 2 is 1.76 bits per heavy atom. The van der Waals surface area contributed by atoms with E-state index in [4.69, 9.17) is 9.47 Å². The van der Waals surface area contributed by atoms with Crippen LogP contribution in [0.2, 0.25) is 0 Å². The van der Waals surface area contributed by atoms with Gasteiger partial charge in [0.05, 0.1) is 30.9 Å². The number of hydrogen-bond donors (Lipinski definition) is 2. The molecule has 1 heterocycles. The average Bonchev–Trinajstić information content (AvgIpc) is 3.12. The van der Waals surface area contributed by atoms with Gasteiger partial charge in [0.25, 0.3) is 0 Å². The molecule has 9 heteroatoms. The normalized spacial score (nSPS) is 11.1. The van der Waals surface area contributed by atoms with Crippen molar-refractivity contribution in [3.8, 4) is 22.8 Å². The van der Waals surface area contributed by atoms with E-state index < -0.39 is 10.0 Å². The van der Waals surface area contributed by atoms with E-state index >= 15 is 0 Å². The van der Waals surface area contributed by atoms with Crippen molar-refractivity contribution in [3.05, 3.63) is 47.8 Å². The zero-order chi connectivity index (χ0) is 20.9. The lowest BCUT2D eigenvalue weighted by atomic mass is 10.1. The first-order chi connectivity index (χ1) is 13.9. The average molecular weight is 434 g/mol. The molecular weight excluding hydrogens is 410 g/mol. The molecule has 2 aromatic carbocycles. The topological polar surface area (TPSA) is 89.6 Å². The summed E-state index contributed by atoms with van der Waals surface area (Å²) in [5.74, 6) is 1.48. The molecule has 0 aliphatic rings. The number of ether oxygens (including phenoxy) is 2.